The summed E-state index contributed by atoms with van der Waals surface area (Å²) in [5.41, 5.74) is 2.37. The number of rotatable bonds is 9. The third-order valence-corrected chi connectivity index (χ3v) is 6.99. The number of amides is 1. The van der Waals surface area contributed by atoms with Gasteiger partial charge in [-0.1, -0.05) is 12.1 Å². The molecule has 1 fully saturated rings. The lowest BCUT2D eigenvalue weighted by molar-refractivity contribution is -0.116. The first-order chi connectivity index (χ1) is 14.4. The van der Waals surface area contributed by atoms with Gasteiger partial charge in [0.25, 0.3) is 0 Å². The molecule has 0 bridgehead atoms. The summed E-state index contributed by atoms with van der Waals surface area (Å²) in [6, 6.07) is 12.3. The number of anilines is 1. The van der Waals surface area contributed by atoms with Crippen molar-refractivity contribution in [3.05, 3.63) is 53.6 Å². The molecule has 2 aromatic rings. The summed E-state index contributed by atoms with van der Waals surface area (Å²) in [4.78, 5) is 12.7. The third kappa shape index (κ3) is 5.38. The number of nitrogens with zero attached hydrogens (tertiary/aromatic N) is 1. The van der Waals surface area contributed by atoms with Crippen molar-refractivity contribution in [1.29, 1.82) is 0 Å². The van der Waals surface area contributed by atoms with Crippen molar-refractivity contribution in [3.8, 4) is 5.75 Å². The minimum absolute atomic E-state index is 0.153. The summed E-state index contributed by atoms with van der Waals surface area (Å²) >= 11 is 0. The fourth-order valence-corrected chi connectivity index (χ4v) is 5.13. The lowest BCUT2D eigenvalue weighted by Gasteiger charge is -2.17. The standard InChI is InChI=1S/C22H28N2O5S/c1-28-16-17-6-5-7-19(14-17)23-22(25)11-8-18-15-20(9-10-21(18)29-2)30(26,27)24-12-3-4-13-24/h5-7,9-10,14-15H,3-4,8,11-13,16H2,1-2H3,(H,23,25). The highest BCUT2D eigenvalue weighted by molar-refractivity contribution is 7.89. The molecule has 3 rings (SSSR count). The SMILES string of the molecule is COCc1cccc(NC(=O)CCc2cc(S(=O)(=O)N3CCCC3)ccc2OC)c1. The fraction of sp³-hybridized carbons (Fsp3) is 0.409. The van der Waals surface area contributed by atoms with Crippen LogP contribution in [0.1, 0.15) is 30.4 Å². The predicted molar refractivity (Wildman–Crippen MR) is 115 cm³/mol. The molecule has 7 nitrogen and oxygen atoms in total. The molecule has 8 heteroatoms. The van der Waals surface area contributed by atoms with Crippen LogP contribution >= 0.6 is 0 Å². The molecule has 1 N–H and O–H groups in total. The summed E-state index contributed by atoms with van der Waals surface area (Å²) in [5, 5.41) is 2.88. The molecule has 0 aromatic heterocycles. The van der Waals surface area contributed by atoms with Crippen molar-refractivity contribution < 1.29 is 22.7 Å². The van der Waals surface area contributed by atoms with Crippen molar-refractivity contribution in [3.63, 3.8) is 0 Å². The van der Waals surface area contributed by atoms with Crippen LogP contribution in [0.25, 0.3) is 0 Å². The number of benzene rings is 2. The van der Waals surface area contributed by atoms with E-state index in [0.717, 1.165) is 18.4 Å². The Kier molecular flexibility index (Phi) is 7.47. The van der Waals surface area contributed by atoms with Gasteiger partial charge in [-0.25, -0.2) is 8.42 Å². The van der Waals surface area contributed by atoms with Crippen LogP contribution in [0.2, 0.25) is 0 Å². The van der Waals surface area contributed by atoms with Crippen molar-refractivity contribution in [2.75, 3.05) is 32.6 Å². The molecule has 1 aliphatic rings. The van der Waals surface area contributed by atoms with Gasteiger partial charge in [-0.3, -0.25) is 4.79 Å². The Bertz CT molecular complexity index is 985. The molecule has 30 heavy (non-hydrogen) atoms. The number of sulfonamides is 1. The molecule has 0 atom stereocenters. The van der Waals surface area contributed by atoms with Crippen molar-refractivity contribution in [1.82, 2.24) is 4.31 Å². The van der Waals surface area contributed by atoms with Gasteiger partial charge in [0, 0.05) is 32.3 Å². The average molecular weight is 433 g/mol. The number of carbonyl (C=O) groups is 1. The Morgan fingerprint density at radius 3 is 2.57 bits per heavy atom. The quantitative estimate of drug-likeness (QED) is 0.658. The maximum atomic E-state index is 12.8. The van der Waals surface area contributed by atoms with Gasteiger partial charge in [0.1, 0.15) is 5.75 Å². The molecule has 0 spiro atoms. The van der Waals surface area contributed by atoms with Crippen LogP contribution < -0.4 is 10.1 Å². The van der Waals surface area contributed by atoms with Crippen LogP contribution in [0.3, 0.4) is 0 Å². The predicted octanol–water partition coefficient (Wildman–Crippen LogP) is 3.20. The number of hydrogen-bond donors (Lipinski definition) is 1. The molecule has 162 valence electrons. The lowest BCUT2D eigenvalue weighted by Crippen LogP contribution is -2.28. The Labute approximate surface area is 178 Å². The minimum Gasteiger partial charge on any atom is -0.496 e. The second-order valence-corrected chi connectivity index (χ2v) is 9.20. The highest BCUT2D eigenvalue weighted by Gasteiger charge is 2.27. The molecule has 0 saturated carbocycles. The minimum atomic E-state index is -3.52. The summed E-state index contributed by atoms with van der Waals surface area (Å²) in [6.45, 7) is 1.57. The van der Waals surface area contributed by atoms with Crippen LogP contribution in [-0.2, 0) is 32.6 Å². The molecule has 1 saturated heterocycles. The van der Waals surface area contributed by atoms with Crippen LogP contribution in [0.15, 0.2) is 47.4 Å². The zero-order chi connectivity index (χ0) is 21.6. The molecule has 2 aromatic carbocycles. The van der Waals surface area contributed by atoms with Crippen LogP contribution in [0.4, 0.5) is 5.69 Å². The smallest absolute Gasteiger partial charge is 0.243 e. The number of carbonyl (C=O) groups excluding carboxylic acids is 1. The number of methoxy groups -OCH3 is 2. The second kappa shape index (κ2) is 10.1. The summed E-state index contributed by atoms with van der Waals surface area (Å²) < 4.78 is 37.7. The van der Waals surface area contributed by atoms with E-state index in [-0.39, 0.29) is 17.2 Å². The van der Waals surface area contributed by atoms with Crippen molar-refractivity contribution in [2.45, 2.75) is 37.2 Å². The largest absolute Gasteiger partial charge is 0.496 e. The highest BCUT2D eigenvalue weighted by Crippen LogP contribution is 2.27. The van der Waals surface area contributed by atoms with Crippen molar-refractivity contribution in [2.24, 2.45) is 0 Å². The summed E-state index contributed by atoms with van der Waals surface area (Å²) in [5.74, 6) is 0.421. The lowest BCUT2D eigenvalue weighted by atomic mass is 10.1. The van der Waals surface area contributed by atoms with E-state index in [1.54, 1.807) is 25.3 Å². The summed E-state index contributed by atoms with van der Waals surface area (Å²) in [6.07, 6.45) is 2.34. The summed E-state index contributed by atoms with van der Waals surface area (Å²) in [7, 11) is -0.360. The van der Waals surface area contributed by atoms with Gasteiger partial charge < -0.3 is 14.8 Å². The number of aryl methyl sites for hydroxylation is 1. The van der Waals surface area contributed by atoms with Gasteiger partial charge >= 0.3 is 0 Å². The maximum Gasteiger partial charge on any atom is 0.243 e. The van der Waals surface area contributed by atoms with Gasteiger partial charge in [0.2, 0.25) is 15.9 Å². The molecular weight excluding hydrogens is 404 g/mol. The number of ether oxygens (including phenoxy) is 2. The number of hydrogen-bond acceptors (Lipinski definition) is 5. The Morgan fingerprint density at radius 2 is 1.87 bits per heavy atom. The number of nitrogens with one attached hydrogen (secondary N) is 1. The highest BCUT2D eigenvalue weighted by atomic mass is 32.2. The molecular formula is C22H28N2O5S. The van der Waals surface area contributed by atoms with Crippen molar-refractivity contribution >= 4 is 21.6 Å². The molecule has 1 amide bonds. The van der Waals surface area contributed by atoms with E-state index in [0.29, 0.717) is 43.1 Å². The van der Waals surface area contributed by atoms with Gasteiger partial charge in [0.15, 0.2) is 0 Å². The molecule has 0 aliphatic carbocycles. The third-order valence-electron chi connectivity index (χ3n) is 5.10. The van der Waals surface area contributed by atoms with E-state index in [1.165, 1.54) is 11.4 Å². The molecule has 1 aliphatic heterocycles. The first kappa shape index (κ1) is 22.3. The monoisotopic (exact) mass is 432 g/mol. The van der Waals surface area contributed by atoms with E-state index in [1.807, 2.05) is 24.3 Å². The van der Waals surface area contributed by atoms with Crippen LogP contribution in [-0.4, -0.2) is 45.9 Å². The van der Waals surface area contributed by atoms with Gasteiger partial charge in [-0.2, -0.15) is 4.31 Å². The normalized spacial score (nSPS) is 14.6. The Balaban J connectivity index is 1.69. The van der Waals surface area contributed by atoms with Gasteiger partial charge in [-0.15, -0.1) is 0 Å². The second-order valence-electron chi connectivity index (χ2n) is 7.27. The zero-order valence-corrected chi connectivity index (χ0v) is 18.2. The fourth-order valence-electron chi connectivity index (χ4n) is 3.57. The molecule has 0 unspecified atom stereocenters. The van der Waals surface area contributed by atoms with E-state index in [9.17, 15) is 13.2 Å². The first-order valence-corrected chi connectivity index (χ1v) is 11.4. The maximum absolute atomic E-state index is 12.8. The van der Waals surface area contributed by atoms with E-state index in [2.05, 4.69) is 5.32 Å². The van der Waals surface area contributed by atoms with E-state index >= 15 is 0 Å². The topological polar surface area (TPSA) is 84.9 Å². The first-order valence-electron chi connectivity index (χ1n) is 9.99. The zero-order valence-electron chi connectivity index (χ0n) is 17.4. The van der Waals surface area contributed by atoms with Gasteiger partial charge in [-0.05, 0) is 60.7 Å². The van der Waals surface area contributed by atoms with E-state index in [4.69, 9.17) is 9.47 Å². The van der Waals surface area contributed by atoms with Crippen LogP contribution in [0.5, 0.6) is 5.75 Å². The Morgan fingerprint density at radius 1 is 1.10 bits per heavy atom. The average Bonchev–Trinajstić information content (AvgIpc) is 3.28. The molecule has 0 radical (unpaired) electrons. The van der Waals surface area contributed by atoms with Crippen LogP contribution in [0, 0.1) is 0 Å². The Hall–Kier alpha value is -2.42. The van der Waals surface area contributed by atoms with E-state index < -0.39 is 10.0 Å². The van der Waals surface area contributed by atoms with Gasteiger partial charge in [0.05, 0.1) is 18.6 Å². The molecule has 1 heterocycles.